The van der Waals surface area contributed by atoms with E-state index in [9.17, 15) is 0 Å². The minimum absolute atomic E-state index is 0.163. The Balaban J connectivity index is 1.11. The van der Waals surface area contributed by atoms with Gasteiger partial charge in [0.05, 0.1) is 16.8 Å². The Morgan fingerprint density at radius 1 is 0.744 bits per heavy atom. The number of rotatable bonds is 6. The molecule has 1 saturated carbocycles. The minimum atomic E-state index is 0.163. The van der Waals surface area contributed by atoms with Gasteiger partial charge in [0.2, 0.25) is 5.95 Å². The van der Waals surface area contributed by atoms with Crippen LogP contribution in [0.5, 0.6) is 0 Å². The summed E-state index contributed by atoms with van der Waals surface area (Å²) in [4.78, 5) is 28.4. The number of aromatic nitrogens is 6. The Morgan fingerprint density at radius 2 is 1.53 bits per heavy atom. The van der Waals surface area contributed by atoms with Gasteiger partial charge in [-0.3, -0.25) is 9.47 Å². The van der Waals surface area contributed by atoms with Gasteiger partial charge in [-0.15, -0.1) is 0 Å². The SMILES string of the molecule is Nc1ncccc1-c1nc2ccc(-c3ccccc3)nc2n1-c1ccc(CN2CCN(c3ncccn3)C3(CC3)C2)cc1. The number of nitrogen functional groups attached to an aromatic ring is 1. The molecule has 5 heterocycles. The Morgan fingerprint density at radius 3 is 2.30 bits per heavy atom. The van der Waals surface area contributed by atoms with Crippen LogP contribution in [0.3, 0.4) is 0 Å². The first kappa shape index (κ1) is 25.6. The van der Waals surface area contributed by atoms with E-state index >= 15 is 0 Å². The van der Waals surface area contributed by atoms with E-state index < -0.39 is 0 Å². The molecule has 1 saturated heterocycles. The molecule has 1 aliphatic heterocycles. The molecule has 0 radical (unpaired) electrons. The summed E-state index contributed by atoms with van der Waals surface area (Å²) >= 11 is 0. The van der Waals surface area contributed by atoms with E-state index in [1.807, 2.05) is 60.9 Å². The van der Waals surface area contributed by atoms with E-state index in [2.05, 4.69) is 65.7 Å². The molecule has 6 aromatic rings. The standard InChI is InChI=1S/C34H31N9/c35-30-27(8-4-17-36-30)31-40-29-14-13-28(25-6-2-1-3-7-25)39-32(29)43(31)26-11-9-24(10-12-26)22-41-20-21-42(34(23-41)15-16-34)33-37-18-5-19-38-33/h1-14,17-19H,15-16,20-23H2,(H2,35,36). The highest BCUT2D eigenvalue weighted by Crippen LogP contribution is 2.45. The molecule has 0 amide bonds. The lowest BCUT2D eigenvalue weighted by atomic mass is 10.1. The fraction of sp³-hybridized carbons (Fsp3) is 0.206. The summed E-state index contributed by atoms with van der Waals surface area (Å²) in [7, 11) is 0. The zero-order valence-electron chi connectivity index (χ0n) is 23.7. The molecule has 1 aliphatic carbocycles. The highest BCUT2D eigenvalue weighted by molar-refractivity contribution is 5.84. The number of pyridine rings is 2. The predicted octanol–water partition coefficient (Wildman–Crippen LogP) is 5.38. The van der Waals surface area contributed by atoms with Crippen LogP contribution in [-0.2, 0) is 6.54 Å². The van der Waals surface area contributed by atoms with Gasteiger partial charge in [0.25, 0.3) is 0 Å². The van der Waals surface area contributed by atoms with Crippen molar-refractivity contribution >= 4 is 22.9 Å². The molecule has 8 rings (SSSR count). The molecule has 9 heteroatoms. The molecule has 2 aromatic carbocycles. The van der Waals surface area contributed by atoms with Crippen molar-refractivity contribution in [1.82, 2.24) is 34.4 Å². The van der Waals surface area contributed by atoms with Crippen molar-refractivity contribution in [3.63, 3.8) is 0 Å². The van der Waals surface area contributed by atoms with Gasteiger partial charge < -0.3 is 10.6 Å². The Hall–Kier alpha value is -5.15. The zero-order chi connectivity index (χ0) is 28.8. The van der Waals surface area contributed by atoms with Gasteiger partial charge in [-0.05, 0) is 60.9 Å². The molecule has 212 valence electrons. The van der Waals surface area contributed by atoms with Crippen LogP contribution in [0.25, 0.3) is 39.5 Å². The summed E-state index contributed by atoms with van der Waals surface area (Å²) in [6, 6.07) is 28.7. The van der Waals surface area contributed by atoms with Crippen LogP contribution >= 0.6 is 0 Å². The second-order valence-corrected chi connectivity index (χ2v) is 11.4. The van der Waals surface area contributed by atoms with Crippen molar-refractivity contribution in [2.24, 2.45) is 0 Å². The van der Waals surface area contributed by atoms with Crippen LogP contribution in [0, 0.1) is 0 Å². The highest BCUT2D eigenvalue weighted by Gasteiger charge is 2.52. The van der Waals surface area contributed by atoms with Crippen LogP contribution in [0.15, 0.2) is 104 Å². The van der Waals surface area contributed by atoms with E-state index in [0.29, 0.717) is 5.82 Å². The lowest BCUT2D eigenvalue weighted by Gasteiger charge is -2.42. The second kappa shape index (κ2) is 10.3. The third-order valence-electron chi connectivity index (χ3n) is 8.61. The Labute approximate surface area is 249 Å². The second-order valence-electron chi connectivity index (χ2n) is 11.4. The summed E-state index contributed by atoms with van der Waals surface area (Å²) in [6.07, 6.45) is 7.74. The number of nitrogens with zero attached hydrogens (tertiary/aromatic N) is 8. The number of nitrogens with two attached hydrogens (primary N) is 1. The van der Waals surface area contributed by atoms with Gasteiger partial charge in [0.15, 0.2) is 11.5 Å². The van der Waals surface area contributed by atoms with Gasteiger partial charge in [0, 0.05) is 56.0 Å². The normalized spacial score (nSPS) is 16.1. The molecule has 9 nitrogen and oxygen atoms in total. The predicted molar refractivity (Wildman–Crippen MR) is 169 cm³/mol. The van der Waals surface area contributed by atoms with Crippen LogP contribution in [0.1, 0.15) is 18.4 Å². The number of imidazole rings is 1. The first-order valence-electron chi connectivity index (χ1n) is 14.7. The molecule has 43 heavy (non-hydrogen) atoms. The average molecular weight is 566 g/mol. The molecule has 1 spiro atoms. The van der Waals surface area contributed by atoms with Crippen molar-refractivity contribution in [3.05, 3.63) is 109 Å². The molecule has 0 unspecified atom stereocenters. The molecular formula is C34H31N9. The highest BCUT2D eigenvalue weighted by atomic mass is 15.4. The summed E-state index contributed by atoms with van der Waals surface area (Å²) < 4.78 is 2.09. The number of benzene rings is 2. The van der Waals surface area contributed by atoms with E-state index in [4.69, 9.17) is 15.7 Å². The maximum absolute atomic E-state index is 6.34. The summed E-state index contributed by atoms with van der Waals surface area (Å²) in [5.41, 5.74) is 13.1. The molecule has 0 atom stereocenters. The number of hydrogen-bond acceptors (Lipinski definition) is 8. The molecule has 2 aliphatic rings. The minimum Gasteiger partial charge on any atom is -0.383 e. The van der Waals surface area contributed by atoms with Gasteiger partial charge in [-0.1, -0.05) is 42.5 Å². The van der Waals surface area contributed by atoms with E-state index in [1.165, 1.54) is 18.4 Å². The third-order valence-corrected chi connectivity index (χ3v) is 8.61. The number of anilines is 2. The zero-order valence-corrected chi connectivity index (χ0v) is 23.7. The number of fused-ring (bicyclic) bond motifs is 1. The van der Waals surface area contributed by atoms with E-state index in [-0.39, 0.29) is 5.54 Å². The molecule has 4 aromatic heterocycles. The lowest BCUT2D eigenvalue weighted by molar-refractivity contribution is 0.204. The topological polar surface area (TPSA) is 102 Å². The lowest BCUT2D eigenvalue weighted by Crippen LogP contribution is -2.55. The van der Waals surface area contributed by atoms with Crippen LogP contribution in [-0.4, -0.2) is 59.6 Å². The quantitative estimate of drug-likeness (QED) is 0.287. The Bertz CT molecular complexity index is 1900. The average Bonchev–Trinajstić information content (AvgIpc) is 3.71. The van der Waals surface area contributed by atoms with E-state index in [0.717, 1.165) is 71.6 Å². The number of piperazine rings is 1. The van der Waals surface area contributed by atoms with Gasteiger partial charge in [-0.25, -0.2) is 24.9 Å². The summed E-state index contributed by atoms with van der Waals surface area (Å²) in [5.74, 6) is 2.01. The largest absolute Gasteiger partial charge is 0.383 e. The van der Waals surface area contributed by atoms with Gasteiger partial charge in [0.1, 0.15) is 11.3 Å². The fourth-order valence-corrected chi connectivity index (χ4v) is 6.28. The van der Waals surface area contributed by atoms with Crippen LogP contribution < -0.4 is 10.6 Å². The van der Waals surface area contributed by atoms with Gasteiger partial charge in [-0.2, -0.15) is 0 Å². The fourth-order valence-electron chi connectivity index (χ4n) is 6.28. The van der Waals surface area contributed by atoms with Gasteiger partial charge >= 0.3 is 0 Å². The Kier molecular flexibility index (Phi) is 6.11. The smallest absolute Gasteiger partial charge is 0.225 e. The van der Waals surface area contributed by atoms with Crippen molar-refractivity contribution in [2.45, 2.75) is 24.9 Å². The van der Waals surface area contributed by atoms with Crippen molar-refractivity contribution in [1.29, 1.82) is 0 Å². The summed E-state index contributed by atoms with van der Waals surface area (Å²) in [6.45, 7) is 3.84. The van der Waals surface area contributed by atoms with Crippen molar-refractivity contribution in [2.75, 3.05) is 30.3 Å². The maximum Gasteiger partial charge on any atom is 0.225 e. The molecule has 2 N–H and O–H groups in total. The number of hydrogen-bond donors (Lipinski definition) is 1. The van der Waals surface area contributed by atoms with Crippen molar-refractivity contribution in [3.8, 4) is 28.3 Å². The van der Waals surface area contributed by atoms with Crippen LogP contribution in [0.2, 0.25) is 0 Å². The molecular weight excluding hydrogens is 534 g/mol. The monoisotopic (exact) mass is 565 g/mol. The first-order valence-corrected chi connectivity index (χ1v) is 14.7. The maximum atomic E-state index is 6.34. The summed E-state index contributed by atoms with van der Waals surface area (Å²) in [5, 5.41) is 0. The van der Waals surface area contributed by atoms with Crippen LogP contribution in [0.4, 0.5) is 11.8 Å². The van der Waals surface area contributed by atoms with E-state index in [1.54, 1.807) is 6.20 Å². The first-order chi connectivity index (χ1) is 21.2. The third kappa shape index (κ3) is 4.67. The molecule has 2 fully saturated rings. The van der Waals surface area contributed by atoms with Crippen molar-refractivity contribution < 1.29 is 0 Å². The molecule has 0 bridgehead atoms.